The maximum atomic E-state index is 12.3. The molecule has 2 aromatic heterocycles. The number of hydrogen-bond donors (Lipinski definition) is 1. The summed E-state index contributed by atoms with van der Waals surface area (Å²) in [6.45, 7) is 1.67. The highest BCUT2D eigenvalue weighted by molar-refractivity contribution is 5.82. The third-order valence-electron chi connectivity index (χ3n) is 4.72. The molecule has 3 aromatic rings. The number of carbonyl (C=O) groups excluding carboxylic acids is 1. The van der Waals surface area contributed by atoms with Crippen molar-refractivity contribution in [2.24, 2.45) is 0 Å². The molecule has 1 fully saturated rings. The molecule has 26 heavy (non-hydrogen) atoms. The lowest BCUT2D eigenvalue weighted by atomic mass is 10.1. The summed E-state index contributed by atoms with van der Waals surface area (Å²) in [5, 5.41) is 4.81. The third-order valence-corrected chi connectivity index (χ3v) is 4.72. The largest absolute Gasteiger partial charge is 0.343 e. The molecule has 0 radical (unpaired) electrons. The van der Waals surface area contributed by atoms with Crippen LogP contribution in [0.3, 0.4) is 0 Å². The van der Waals surface area contributed by atoms with E-state index in [4.69, 9.17) is 4.52 Å². The standard InChI is InChI=1S/C19H20N4O3/c24-17(23-10-4-1-5-11-23)9-8-16-21-18(22-26-16)14-12-13-6-2-3-7-15(13)20-19(14)25/h2-3,6-7,12H,1,4-5,8-11H2,(H,20,25). The van der Waals surface area contributed by atoms with E-state index < -0.39 is 0 Å². The second-order valence-electron chi connectivity index (χ2n) is 6.55. The molecular formula is C19H20N4O3. The average Bonchev–Trinajstić information content (AvgIpc) is 3.15. The number of amides is 1. The van der Waals surface area contributed by atoms with Crippen molar-refractivity contribution in [3.63, 3.8) is 0 Å². The van der Waals surface area contributed by atoms with Crippen LogP contribution >= 0.6 is 0 Å². The fourth-order valence-electron chi connectivity index (χ4n) is 3.29. The van der Waals surface area contributed by atoms with Crippen LogP contribution in [0.4, 0.5) is 0 Å². The number of likely N-dealkylation sites (tertiary alicyclic amines) is 1. The molecule has 1 aromatic carbocycles. The van der Waals surface area contributed by atoms with E-state index in [1.54, 1.807) is 6.07 Å². The minimum absolute atomic E-state index is 0.119. The van der Waals surface area contributed by atoms with Crippen molar-refractivity contribution in [3.05, 3.63) is 46.6 Å². The first kappa shape index (κ1) is 16.5. The van der Waals surface area contributed by atoms with Crippen molar-refractivity contribution in [3.8, 4) is 11.4 Å². The average molecular weight is 352 g/mol. The van der Waals surface area contributed by atoms with Crippen LogP contribution in [-0.4, -0.2) is 39.0 Å². The number of fused-ring (bicyclic) bond motifs is 1. The number of benzene rings is 1. The molecule has 0 aliphatic carbocycles. The Balaban J connectivity index is 1.48. The van der Waals surface area contributed by atoms with Gasteiger partial charge in [0.15, 0.2) is 0 Å². The van der Waals surface area contributed by atoms with Gasteiger partial charge < -0.3 is 14.4 Å². The van der Waals surface area contributed by atoms with Gasteiger partial charge in [-0.3, -0.25) is 9.59 Å². The van der Waals surface area contributed by atoms with Crippen molar-refractivity contribution in [2.75, 3.05) is 13.1 Å². The minimum atomic E-state index is -0.263. The van der Waals surface area contributed by atoms with Crippen LogP contribution in [0.1, 0.15) is 31.6 Å². The first-order chi connectivity index (χ1) is 12.7. The predicted molar refractivity (Wildman–Crippen MR) is 96.6 cm³/mol. The lowest BCUT2D eigenvalue weighted by Gasteiger charge is -2.26. The second kappa shape index (κ2) is 7.11. The number of H-pyrrole nitrogens is 1. The van der Waals surface area contributed by atoms with Gasteiger partial charge in [0.1, 0.15) is 0 Å². The Kier molecular flexibility index (Phi) is 4.51. The smallest absolute Gasteiger partial charge is 0.259 e. The molecule has 0 unspecified atom stereocenters. The quantitative estimate of drug-likeness (QED) is 0.779. The summed E-state index contributed by atoms with van der Waals surface area (Å²) in [6.07, 6.45) is 4.06. The number of aromatic nitrogens is 3. The number of pyridine rings is 1. The number of nitrogens with zero attached hydrogens (tertiary/aromatic N) is 3. The molecule has 0 spiro atoms. The molecule has 7 heteroatoms. The Morgan fingerprint density at radius 2 is 2.00 bits per heavy atom. The first-order valence-corrected chi connectivity index (χ1v) is 8.93. The van der Waals surface area contributed by atoms with Gasteiger partial charge >= 0.3 is 0 Å². The van der Waals surface area contributed by atoms with Crippen molar-refractivity contribution >= 4 is 16.8 Å². The van der Waals surface area contributed by atoms with Crippen molar-refractivity contribution in [1.82, 2.24) is 20.0 Å². The van der Waals surface area contributed by atoms with Gasteiger partial charge in [-0.25, -0.2) is 0 Å². The number of aromatic amines is 1. The van der Waals surface area contributed by atoms with Gasteiger partial charge in [-0.1, -0.05) is 23.4 Å². The third kappa shape index (κ3) is 3.37. The number of piperidine rings is 1. The maximum absolute atomic E-state index is 12.3. The zero-order valence-corrected chi connectivity index (χ0v) is 14.4. The zero-order chi connectivity index (χ0) is 17.9. The molecule has 1 saturated heterocycles. The summed E-state index contributed by atoms with van der Waals surface area (Å²) >= 11 is 0. The van der Waals surface area contributed by atoms with E-state index in [9.17, 15) is 9.59 Å². The Morgan fingerprint density at radius 1 is 1.19 bits per heavy atom. The van der Waals surface area contributed by atoms with Crippen LogP contribution in [0.15, 0.2) is 39.6 Å². The number of rotatable bonds is 4. The highest BCUT2D eigenvalue weighted by Crippen LogP contribution is 2.18. The summed E-state index contributed by atoms with van der Waals surface area (Å²) in [5.41, 5.74) is 0.860. The summed E-state index contributed by atoms with van der Waals surface area (Å²) < 4.78 is 5.24. The molecule has 1 aliphatic rings. The SMILES string of the molecule is O=C(CCc1nc(-c2cc3ccccc3[nH]c2=O)no1)N1CCCCC1. The van der Waals surface area contributed by atoms with Gasteiger partial charge in [-0.05, 0) is 36.8 Å². The van der Waals surface area contributed by atoms with Crippen LogP contribution in [0.2, 0.25) is 0 Å². The summed E-state index contributed by atoms with van der Waals surface area (Å²) in [5.74, 6) is 0.739. The van der Waals surface area contributed by atoms with Crippen LogP contribution in [0.25, 0.3) is 22.3 Å². The van der Waals surface area contributed by atoms with Gasteiger partial charge in [0.05, 0.1) is 5.56 Å². The normalized spacial score (nSPS) is 14.7. The zero-order valence-electron chi connectivity index (χ0n) is 14.4. The van der Waals surface area contributed by atoms with Crippen LogP contribution in [0.5, 0.6) is 0 Å². The fourth-order valence-corrected chi connectivity index (χ4v) is 3.29. The van der Waals surface area contributed by atoms with E-state index in [2.05, 4.69) is 15.1 Å². The summed E-state index contributed by atoms with van der Waals surface area (Å²) in [6, 6.07) is 9.27. The van der Waals surface area contributed by atoms with Crippen LogP contribution in [0, 0.1) is 0 Å². The van der Waals surface area contributed by atoms with Gasteiger partial charge in [0.25, 0.3) is 5.56 Å². The number of carbonyl (C=O) groups is 1. The van der Waals surface area contributed by atoms with Crippen LogP contribution in [-0.2, 0) is 11.2 Å². The molecule has 0 saturated carbocycles. The van der Waals surface area contributed by atoms with Crippen molar-refractivity contribution in [1.29, 1.82) is 0 Å². The monoisotopic (exact) mass is 352 g/mol. The van der Waals surface area contributed by atoms with E-state index in [1.807, 2.05) is 29.2 Å². The van der Waals surface area contributed by atoms with Gasteiger partial charge in [0.2, 0.25) is 17.6 Å². The maximum Gasteiger partial charge on any atom is 0.259 e. The molecule has 0 bridgehead atoms. The van der Waals surface area contributed by atoms with Crippen LogP contribution < -0.4 is 5.56 Å². The van der Waals surface area contributed by atoms with E-state index in [-0.39, 0.29) is 17.3 Å². The number of hydrogen-bond acceptors (Lipinski definition) is 5. The lowest BCUT2D eigenvalue weighted by Crippen LogP contribution is -2.35. The Morgan fingerprint density at radius 3 is 2.85 bits per heavy atom. The van der Waals surface area contributed by atoms with Gasteiger partial charge in [-0.15, -0.1) is 0 Å². The molecule has 3 heterocycles. The fraction of sp³-hybridized carbons (Fsp3) is 0.368. The van der Waals surface area contributed by atoms with E-state index >= 15 is 0 Å². The molecule has 1 aliphatic heterocycles. The van der Waals surface area contributed by atoms with E-state index in [0.717, 1.165) is 36.8 Å². The van der Waals surface area contributed by atoms with Crippen molar-refractivity contribution in [2.45, 2.75) is 32.1 Å². The van der Waals surface area contributed by atoms with Gasteiger partial charge in [-0.2, -0.15) is 4.98 Å². The molecule has 7 nitrogen and oxygen atoms in total. The van der Waals surface area contributed by atoms with E-state index in [0.29, 0.717) is 24.3 Å². The molecule has 1 N–H and O–H groups in total. The summed E-state index contributed by atoms with van der Waals surface area (Å²) in [7, 11) is 0. The minimum Gasteiger partial charge on any atom is -0.343 e. The Hall–Kier alpha value is -2.96. The summed E-state index contributed by atoms with van der Waals surface area (Å²) in [4.78, 5) is 33.5. The molecular weight excluding hydrogens is 332 g/mol. The first-order valence-electron chi connectivity index (χ1n) is 8.93. The number of nitrogens with one attached hydrogen (secondary N) is 1. The van der Waals surface area contributed by atoms with E-state index in [1.165, 1.54) is 6.42 Å². The Bertz CT molecular complexity index is 986. The highest BCUT2D eigenvalue weighted by atomic mass is 16.5. The highest BCUT2D eigenvalue weighted by Gasteiger charge is 2.18. The predicted octanol–water partition coefficient (Wildman–Crippen LogP) is 2.52. The second-order valence-corrected chi connectivity index (χ2v) is 6.55. The molecule has 0 atom stereocenters. The van der Waals surface area contributed by atoms with Crippen molar-refractivity contribution < 1.29 is 9.32 Å². The molecule has 1 amide bonds. The Labute approximate surface area is 150 Å². The molecule has 4 rings (SSSR count). The molecule has 134 valence electrons. The van der Waals surface area contributed by atoms with Gasteiger partial charge in [0, 0.05) is 31.4 Å². The lowest BCUT2D eigenvalue weighted by molar-refractivity contribution is -0.132. The number of para-hydroxylation sites is 1. The number of aryl methyl sites for hydroxylation is 1. The topological polar surface area (TPSA) is 92.1 Å².